The number of nitrogens with two attached hydrogens (primary N) is 1. The van der Waals surface area contributed by atoms with Crippen LogP contribution in [0.15, 0.2) is 12.3 Å². The Kier molecular flexibility index (Phi) is 3.05. The van der Waals surface area contributed by atoms with Crippen molar-refractivity contribution in [2.24, 2.45) is 11.7 Å². The van der Waals surface area contributed by atoms with E-state index in [0.717, 1.165) is 31.7 Å². The molecule has 1 amide bonds. The fourth-order valence-corrected chi connectivity index (χ4v) is 2.56. The van der Waals surface area contributed by atoms with Crippen molar-refractivity contribution in [3.63, 3.8) is 0 Å². The summed E-state index contributed by atoms with van der Waals surface area (Å²) < 4.78 is 1.89. The fourth-order valence-electron chi connectivity index (χ4n) is 2.56. The molecule has 6 nitrogen and oxygen atoms in total. The van der Waals surface area contributed by atoms with Crippen LogP contribution in [0.1, 0.15) is 25.3 Å². The Labute approximate surface area is 106 Å². The molecule has 1 saturated carbocycles. The summed E-state index contributed by atoms with van der Waals surface area (Å²) in [5, 5.41) is 10.4. The molecule has 1 aromatic rings. The van der Waals surface area contributed by atoms with E-state index in [2.05, 4.69) is 15.7 Å². The molecule has 2 heterocycles. The van der Waals surface area contributed by atoms with Crippen LogP contribution in [0.3, 0.4) is 0 Å². The number of carbonyl (C=O) groups excluding carboxylic acids is 1. The topological polar surface area (TPSA) is 85.0 Å². The molecule has 98 valence electrons. The van der Waals surface area contributed by atoms with Crippen LogP contribution in [0.2, 0.25) is 0 Å². The van der Waals surface area contributed by atoms with Crippen LogP contribution < -0.4 is 16.4 Å². The van der Waals surface area contributed by atoms with Crippen LogP contribution >= 0.6 is 0 Å². The normalized spacial score (nSPS) is 27.4. The van der Waals surface area contributed by atoms with Crippen molar-refractivity contribution in [2.45, 2.75) is 31.3 Å². The van der Waals surface area contributed by atoms with Crippen molar-refractivity contribution in [2.75, 3.05) is 18.4 Å². The lowest BCUT2D eigenvalue weighted by Crippen LogP contribution is -2.44. The van der Waals surface area contributed by atoms with Gasteiger partial charge in [-0.05, 0) is 18.8 Å². The molecule has 1 aliphatic carbocycles. The highest BCUT2D eigenvalue weighted by Crippen LogP contribution is 2.29. The number of hydrogen-bond donors (Lipinski definition) is 3. The molecular weight excluding hydrogens is 230 g/mol. The van der Waals surface area contributed by atoms with E-state index >= 15 is 0 Å². The van der Waals surface area contributed by atoms with Gasteiger partial charge in [0.15, 0.2) is 0 Å². The molecular formula is C12H19N5O. The van der Waals surface area contributed by atoms with Gasteiger partial charge in [0.2, 0.25) is 5.91 Å². The summed E-state index contributed by atoms with van der Waals surface area (Å²) in [6.45, 7) is 1.84. The number of hydrogen-bond acceptors (Lipinski definition) is 4. The first-order chi connectivity index (χ1) is 8.72. The molecule has 0 atom stereocenters. The maximum atomic E-state index is 11.9. The second-order valence-corrected chi connectivity index (χ2v) is 5.32. The molecule has 4 N–H and O–H groups in total. The van der Waals surface area contributed by atoms with Crippen molar-refractivity contribution >= 4 is 11.7 Å². The van der Waals surface area contributed by atoms with Crippen molar-refractivity contribution in [1.82, 2.24) is 15.1 Å². The fraction of sp³-hybridized carbons (Fsp3) is 0.667. The lowest BCUT2D eigenvalue weighted by Gasteiger charge is -2.32. The van der Waals surface area contributed by atoms with E-state index in [1.54, 1.807) is 6.20 Å². The Bertz CT molecular complexity index is 433. The predicted octanol–water partition coefficient (Wildman–Crippen LogP) is 0.0933. The van der Waals surface area contributed by atoms with Gasteiger partial charge in [-0.15, -0.1) is 0 Å². The number of nitrogens with one attached hydrogen (secondary N) is 2. The van der Waals surface area contributed by atoms with Gasteiger partial charge in [-0.2, -0.15) is 5.10 Å². The third-order valence-electron chi connectivity index (χ3n) is 3.79. The summed E-state index contributed by atoms with van der Waals surface area (Å²) in [5.41, 5.74) is 5.72. The molecule has 3 rings (SSSR count). The lowest BCUT2D eigenvalue weighted by molar-refractivity contribution is -0.117. The lowest BCUT2D eigenvalue weighted by atomic mass is 9.79. The standard InChI is InChI=1S/C12H19N5O/c13-9-3-8(4-9)5-12(18)16-11-1-2-15-17(11)10-6-14-7-10/h1-2,8-10,14H,3-7,13H2,(H,16,18). The number of nitrogens with zero attached hydrogens (tertiary/aromatic N) is 2. The first kappa shape index (κ1) is 11.7. The maximum absolute atomic E-state index is 11.9. The summed E-state index contributed by atoms with van der Waals surface area (Å²) in [5.74, 6) is 1.33. The Hall–Kier alpha value is -1.40. The number of rotatable bonds is 4. The molecule has 1 saturated heterocycles. The Morgan fingerprint density at radius 3 is 2.94 bits per heavy atom. The minimum atomic E-state index is 0.0703. The van der Waals surface area contributed by atoms with Gasteiger partial charge in [-0.25, -0.2) is 4.68 Å². The quantitative estimate of drug-likeness (QED) is 0.706. The largest absolute Gasteiger partial charge is 0.328 e. The molecule has 1 aliphatic heterocycles. The second kappa shape index (κ2) is 4.70. The third kappa shape index (κ3) is 2.26. The highest BCUT2D eigenvalue weighted by Gasteiger charge is 2.28. The predicted molar refractivity (Wildman–Crippen MR) is 68.1 cm³/mol. The minimum absolute atomic E-state index is 0.0703. The molecule has 0 radical (unpaired) electrons. The minimum Gasteiger partial charge on any atom is -0.328 e. The van der Waals surface area contributed by atoms with Crippen LogP contribution in [0.4, 0.5) is 5.82 Å². The highest BCUT2D eigenvalue weighted by atomic mass is 16.1. The zero-order chi connectivity index (χ0) is 12.5. The van der Waals surface area contributed by atoms with Gasteiger partial charge in [-0.1, -0.05) is 0 Å². The summed E-state index contributed by atoms with van der Waals surface area (Å²) in [6, 6.07) is 2.52. The van der Waals surface area contributed by atoms with Crippen molar-refractivity contribution in [3.05, 3.63) is 12.3 Å². The summed E-state index contributed by atoms with van der Waals surface area (Å²) in [7, 11) is 0. The molecule has 18 heavy (non-hydrogen) atoms. The molecule has 0 spiro atoms. The number of anilines is 1. The van der Waals surface area contributed by atoms with Crippen LogP contribution in [-0.4, -0.2) is 34.8 Å². The van der Waals surface area contributed by atoms with Gasteiger partial charge in [-0.3, -0.25) is 4.79 Å². The van der Waals surface area contributed by atoms with Crippen LogP contribution in [-0.2, 0) is 4.79 Å². The van der Waals surface area contributed by atoms with Gasteiger partial charge >= 0.3 is 0 Å². The first-order valence-corrected chi connectivity index (χ1v) is 6.52. The SMILES string of the molecule is NC1CC(CC(=O)Nc2ccnn2C2CNC2)C1. The zero-order valence-electron chi connectivity index (χ0n) is 10.3. The summed E-state index contributed by atoms with van der Waals surface area (Å²) in [6.07, 6.45) is 4.24. The van der Waals surface area contributed by atoms with E-state index in [1.807, 2.05) is 10.7 Å². The van der Waals surface area contributed by atoms with Crippen LogP contribution in [0, 0.1) is 5.92 Å². The van der Waals surface area contributed by atoms with E-state index in [4.69, 9.17) is 5.73 Å². The molecule has 2 fully saturated rings. The van der Waals surface area contributed by atoms with Crippen molar-refractivity contribution in [3.8, 4) is 0 Å². The first-order valence-electron chi connectivity index (χ1n) is 6.52. The Morgan fingerprint density at radius 1 is 1.56 bits per heavy atom. The van der Waals surface area contributed by atoms with Gasteiger partial charge < -0.3 is 16.4 Å². The number of aromatic nitrogens is 2. The van der Waals surface area contributed by atoms with E-state index in [9.17, 15) is 4.79 Å². The van der Waals surface area contributed by atoms with Crippen molar-refractivity contribution in [1.29, 1.82) is 0 Å². The average Bonchev–Trinajstić information content (AvgIpc) is 2.61. The average molecular weight is 249 g/mol. The maximum Gasteiger partial charge on any atom is 0.225 e. The number of carbonyl (C=O) groups is 1. The van der Waals surface area contributed by atoms with Gasteiger partial charge in [0, 0.05) is 31.6 Å². The van der Waals surface area contributed by atoms with E-state index < -0.39 is 0 Å². The van der Waals surface area contributed by atoms with Crippen LogP contribution in [0.25, 0.3) is 0 Å². The smallest absolute Gasteiger partial charge is 0.225 e. The molecule has 0 bridgehead atoms. The molecule has 1 aromatic heterocycles. The van der Waals surface area contributed by atoms with Gasteiger partial charge in [0.05, 0.1) is 12.2 Å². The van der Waals surface area contributed by atoms with Gasteiger partial charge in [0.25, 0.3) is 0 Å². The van der Waals surface area contributed by atoms with Gasteiger partial charge in [0.1, 0.15) is 5.82 Å². The summed E-state index contributed by atoms with van der Waals surface area (Å²) in [4.78, 5) is 11.9. The highest BCUT2D eigenvalue weighted by molar-refractivity contribution is 5.90. The van der Waals surface area contributed by atoms with Crippen LogP contribution in [0.5, 0.6) is 0 Å². The zero-order valence-corrected chi connectivity index (χ0v) is 10.3. The van der Waals surface area contributed by atoms with E-state index in [0.29, 0.717) is 24.4 Å². The van der Waals surface area contributed by atoms with E-state index in [1.165, 1.54) is 0 Å². The molecule has 2 aliphatic rings. The monoisotopic (exact) mass is 249 g/mol. The molecule has 0 aromatic carbocycles. The molecule has 6 heteroatoms. The Morgan fingerprint density at radius 2 is 2.33 bits per heavy atom. The van der Waals surface area contributed by atoms with Crippen molar-refractivity contribution < 1.29 is 4.79 Å². The Balaban J connectivity index is 1.55. The number of amides is 1. The van der Waals surface area contributed by atoms with E-state index in [-0.39, 0.29) is 5.91 Å². The summed E-state index contributed by atoms with van der Waals surface area (Å²) >= 11 is 0. The molecule has 0 unspecified atom stereocenters. The third-order valence-corrected chi connectivity index (χ3v) is 3.79. The second-order valence-electron chi connectivity index (χ2n) is 5.32.